The number of hydrogen-bond acceptors (Lipinski definition) is 3. The van der Waals surface area contributed by atoms with Crippen molar-refractivity contribution in [3.05, 3.63) is 42.2 Å². The summed E-state index contributed by atoms with van der Waals surface area (Å²) in [5.74, 6) is -1.05. The zero-order valence-electron chi connectivity index (χ0n) is 9.39. The van der Waals surface area contributed by atoms with Crippen LogP contribution in [0.5, 0.6) is 5.75 Å². The van der Waals surface area contributed by atoms with Gasteiger partial charge in [0.1, 0.15) is 5.75 Å². The number of aromatic nitrogens is 2. The summed E-state index contributed by atoms with van der Waals surface area (Å²) in [7, 11) is 0. The molecule has 0 atom stereocenters. The number of amides is 1. The van der Waals surface area contributed by atoms with E-state index >= 15 is 0 Å². The number of halogens is 3. The maximum absolute atomic E-state index is 12.1. The SMILES string of the molecule is NC(=O)c1cnn(-c2cccc(OC(F)(F)F)c2)c1. The smallest absolute Gasteiger partial charge is 0.406 e. The van der Waals surface area contributed by atoms with Crippen molar-refractivity contribution in [3.63, 3.8) is 0 Å². The Labute approximate surface area is 105 Å². The third-order valence-electron chi connectivity index (χ3n) is 2.18. The minimum atomic E-state index is -4.76. The molecule has 0 fully saturated rings. The average molecular weight is 271 g/mol. The van der Waals surface area contributed by atoms with Crippen molar-refractivity contribution in [1.82, 2.24) is 9.78 Å². The first kappa shape index (κ1) is 12.9. The molecule has 1 amide bonds. The predicted molar refractivity (Wildman–Crippen MR) is 58.8 cm³/mol. The fourth-order valence-electron chi connectivity index (χ4n) is 1.41. The molecular weight excluding hydrogens is 263 g/mol. The van der Waals surface area contributed by atoms with Gasteiger partial charge in [0.25, 0.3) is 5.91 Å². The highest BCUT2D eigenvalue weighted by Gasteiger charge is 2.31. The summed E-state index contributed by atoms with van der Waals surface area (Å²) in [6, 6.07) is 5.20. The van der Waals surface area contributed by atoms with Crippen LogP contribution in [0.4, 0.5) is 13.2 Å². The van der Waals surface area contributed by atoms with Gasteiger partial charge in [0.05, 0.1) is 17.4 Å². The Morgan fingerprint density at radius 3 is 2.68 bits per heavy atom. The van der Waals surface area contributed by atoms with E-state index in [1.807, 2.05) is 0 Å². The minimum Gasteiger partial charge on any atom is -0.406 e. The zero-order valence-corrected chi connectivity index (χ0v) is 9.39. The standard InChI is InChI=1S/C11H8F3N3O2/c12-11(13,14)19-9-3-1-2-8(4-9)17-6-7(5-16-17)10(15)18/h1-6H,(H2,15,18). The van der Waals surface area contributed by atoms with Crippen LogP contribution in [0.2, 0.25) is 0 Å². The molecule has 5 nitrogen and oxygen atoms in total. The number of carbonyl (C=O) groups is 1. The topological polar surface area (TPSA) is 70.1 Å². The molecule has 0 aliphatic rings. The number of nitrogens with zero attached hydrogens (tertiary/aromatic N) is 2. The van der Waals surface area contributed by atoms with Crippen LogP contribution < -0.4 is 10.5 Å². The number of hydrogen-bond donors (Lipinski definition) is 1. The van der Waals surface area contributed by atoms with E-state index in [0.717, 1.165) is 12.1 Å². The number of primary amides is 1. The second-order valence-electron chi connectivity index (χ2n) is 3.58. The van der Waals surface area contributed by atoms with E-state index in [9.17, 15) is 18.0 Å². The first-order valence-electron chi connectivity index (χ1n) is 5.06. The maximum atomic E-state index is 12.1. The Bertz CT molecular complexity index is 607. The van der Waals surface area contributed by atoms with Gasteiger partial charge in [-0.2, -0.15) is 5.10 Å². The van der Waals surface area contributed by atoms with Gasteiger partial charge in [-0.15, -0.1) is 13.2 Å². The van der Waals surface area contributed by atoms with Crippen LogP contribution in [0.1, 0.15) is 10.4 Å². The monoisotopic (exact) mass is 271 g/mol. The molecule has 0 aliphatic carbocycles. The number of benzene rings is 1. The van der Waals surface area contributed by atoms with Crippen molar-refractivity contribution in [2.75, 3.05) is 0 Å². The summed E-state index contributed by atoms with van der Waals surface area (Å²) in [5, 5.41) is 3.82. The van der Waals surface area contributed by atoms with E-state index in [1.165, 1.54) is 29.2 Å². The van der Waals surface area contributed by atoms with Crippen molar-refractivity contribution >= 4 is 5.91 Å². The van der Waals surface area contributed by atoms with Crippen LogP contribution in [-0.4, -0.2) is 22.1 Å². The highest BCUT2D eigenvalue weighted by atomic mass is 19.4. The van der Waals surface area contributed by atoms with Gasteiger partial charge in [-0.3, -0.25) is 4.79 Å². The Kier molecular flexibility index (Phi) is 3.16. The van der Waals surface area contributed by atoms with Gasteiger partial charge < -0.3 is 10.5 Å². The van der Waals surface area contributed by atoms with E-state index in [1.54, 1.807) is 0 Å². The summed E-state index contributed by atoms with van der Waals surface area (Å²) < 4.78 is 41.2. The highest BCUT2D eigenvalue weighted by molar-refractivity contribution is 5.92. The Balaban J connectivity index is 2.29. The molecular formula is C11H8F3N3O2. The summed E-state index contributed by atoms with van der Waals surface area (Å²) in [6.07, 6.45) is -2.23. The average Bonchev–Trinajstić information content (AvgIpc) is 2.76. The lowest BCUT2D eigenvalue weighted by atomic mass is 10.3. The lowest BCUT2D eigenvalue weighted by Gasteiger charge is -2.09. The zero-order chi connectivity index (χ0) is 14.0. The van der Waals surface area contributed by atoms with E-state index in [4.69, 9.17) is 5.73 Å². The molecule has 0 saturated heterocycles. The molecule has 0 saturated carbocycles. The molecule has 0 unspecified atom stereocenters. The number of ether oxygens (including phenoxy) is 1. The molecule has 8 heteroatoms. The van der Waals surface area contributed by atoms with Crippen LogP contribution >= 0.6 is 0 Å². The fraction of sp³-hybridized carbons (Fsp3) is 0.0909. The first-order valence-corrected chi connectivity index (χ1v) is 5.06. The normalized spacial score (nSPS) is 11.3. The molecule has 100 valence electrons. The fourth-order valence-corrected chi connectivity index (χ4v) is 1.41. The van der Waals surface area contributed by atoms with Gasteiger partial charge >= 0.3 is 6.36 Å². The molecule has 0 bridgehead atoms. The number of nitrogens with two attached hydrogens (primary N) is 1. The second kappa shape index (κ2) is 4.63. The third kappa shape index (κ3) is 3.24. The summed E-state index contributed by atoms with van der Waals surface area (Å²) in [6.45, 7) is 0. The molecule has 2 rings (SSSR count). The summed E-state index contributed by atoms with van der Waals surface area (Å²) >= 11 is 0. The van der Waals surface area contributed by atoms with Crippen LogP contribution in [0.15, 0.2) is 36.7 Å². The number of rotatable bonds is 3. The van der Waals surface area contributed by atoms with E-state index in [0.29, 0.717) is 5.69 Å². The maximum Gasteiger partial charge on any atom is 0.573 e. The molecule has 1 heterocycles. The molecule has 1 aromatic heterocycles. The van der Waals surface area contributed by atoms with Gasteiger partial charge in [0.2, 0.25) is 0 Å². The third-order valence-corrected chi connectivity index (χ3v) is 2.18. The summed E-state index contributed by atoms with van der Waals surface area (Å²) in [5.41, 5.74) is 5.52. The lowest BCUT2D eigenvalue weighted by Crippen LogP contribution is -2.17. The van der Waals surface area contributed by atoms with Crippen LogP contribution in [0, 0.1) is 0 Å². The van der Waals surface area contributed by atoms with Crippen LogP contribution in [0.3, 0.4) is 0 Å². The number of carbonyl (C=O) groups excluding carboxylic acids is 1. The molecule has 0 aliphatic heterocycles. The first-order chi connectivity index (χ1) is 8.85. The quantitative estimate of drug-likeness (QED) is 0.926. The Hall–Kier alpha value is -2.51. The van der Waals surface area contributed by atoms with E-state index < -0.39 is 12.3 Å². The predicted octanol–water partition coefficient (Wildman–Crippen LogP) is 1.87. The Morgan fingerprint density at radius 1 is 1.37 bits per heavy atom. The van der Waals surface area contributed by atoms with Gasteiger partial charge in [-0.05, 0) is 12.1 Å². The largest absolute Gasteiger partial charge is 0.573 e. The van der Waals surface area contributed by atoms with E-state index in [-0.39, 0.29) is 11.3 Å². The molecule has 1 aromatic carbocycles. The van der Waals surface area contributed by atoms with E-state index in [2.05, 4.69) is 9.84 Å². The Morgan fingerprint density at radius 2 is 2.11 bits per heavy atom. The molecule has 19 heavy (non-hydrogen) atoms. The lowest BCUT2D eigenvalue weighted by molar-refractivity contribution is -0.274. The van der Waals surface area contributed by atoms with Crippen molar-refractivity contribution < 1.29 is 22.7 Å². The molecule has 2 aromatic rings. The van der Waals surface area contributed by atoms with Gasteiger partial charge in [-0.25, -0.2) is 4.68 Å². The van der Waals surface area contributed by atoms with Gasteiger partial charge in [-0.1, -0.05) is 6.07 Å². The molecule has 0 radical (unpaired) electrons. The van der Waals surface area contributed by atoms with Crippen molar-refractivity contribution in [1.29, 1.82) is 0 Å². The second-order valence-corrected chi connectivity index (χ2v) is 3.58. The van der Waals surface area contributed by atoms with Crippen LogP contribution in [0.25, 0.3) is 5.69 Å². The van der Waals surface area contributed by atoms with Crippen LogP contribution in [-0.2, 0) is 0 Å². The van der Waals surface area contributed by atoms with Crippen molar-refractivity contribution in [2.24, 2.45) is 5.73 Å². The molecule has 2 N–H and O–H groups in total. The van der Waals surface area contributed by atoms with Gasteiger partial charge in [0.15, 0.2) is 0 Å². The molecule has 0 spiro atoms. The van der Waals surface area contributed by atoms with Crippen molar-refractivity contribution in [3.8, 4) is 11.4 Å². The highest BCUT2D eigenvalue weighted by Crippen LogP contribution is 2.24. The summed E-state index contributed by atoms with van der Waals surface area (Å²) in [4.78, 5) is 10.9. The van der Waals surface area contributed by atoms with Crippen molar-refractivity contribution in [2.45, 2.75) is 6.36 Å². The number of alkyl halides is 3. The minimum absolute atomic E-state index is 0.155. The van der Waals surface area contributed by atoms with Gasteiger partial charge in [0, 0.05) is 12.3 Å².